The lowest BCUT2D eigenvalue weighted by molar-refractivity contribution is 0.272. The lowest BCUT2D eigenvalue weighted by Crippen LogP contribution is -2.36. The van der Waals surface area contributed by atoms with Crippen molar-refractivity contribution in [3.8, 4) is 5.75 Å². The number of benzene rings is 1. The van der Waals surface area contributed by atoms with Gasteiger partial charge in [-0.15, -0.1) is 0 Å². The summed E-state index contributed by atoms with van der Waals surface area (Å²) in [5.74, 6) is 0.216. The Morgan fingerprint density at radius 2 is 1.90 bits per heavy atom. The molecule has 0 amide bonds. The fraction of sp³-hybridized carbons (Fsp3) is 0.556. The number of fused-ring (bicyclic) bond motifs is 1. The van der Waals surface area contributed by atoms with Gasteiger partial charge in [0.15, 0.2) is 0 Å². The quantitative estimate of drug-likeness (QED) is 0.780. The summed E-state index contributed by atoms with van der Waals surface area (Å²) in [5, 5.41) is 10.4. The topological polar surface area (TPSA) is 23.5 Å². The van der Waals surface area contributed by atoms with Crippen molar-refractivity contribution in [1.82, 2.24) is 4.90 Å². The van der Waals surface area contributed by atoms with E-state index in [1.54, 1.807) is 11.1 Å². The number of halogens is 1. The molecule has 1 aromatic carbocycles. The molecule has 1 aliphatic carbocycles. The van der Waals surface area contributed by atoms with Crippen molar-refractivity contribution in [2.75, 3.05) is 13.6 Å². The fourth-order valence-corrected chi connectivity index (χ4v) is 3.99. The van der Waals surface area contributed by atoms with Crippen LogP contribution in [0.2, 0.25) is 5.02 Å². The molecule has 0 saturated heterocycles. The second-order valence-electron chi connectivity index (χ2n) is 6.54. The number of hydrogen-bond acceptors (Lipinski definition) is 2. The van der Waals surface area contributed by atoms with Crippen LogP contribution in [0, 0.1) is 0 Å². The van der Waals surface area contributed by atoms with Crippen molar-refractivity contribution in [1.29, 1.82) is 0 Å². The number of allylic oxidation sites excluding steroid dienone is 1. The van der Waals surface area contributed by atoms with E-state index in [9.17, 15) is 5.11 Å². The minimum Gasteiger partial charge on any atom is -0.506 e. The van der Waals surface area contributed by atoms with Crippen molar-refractivity contribution in [3.63, 3.8) is 0 Å². The second kappa shape index (κ2) is 6.02. The maximum atomic E-state index is 9.92. The summed E-state index contributed by atoms with van der Waals surface area (Å²) in [4.78, 5) is 2.48. The summed E-state index contributed by atoms with van der Waals surface area (Å²) >= 11 is 6.07. The average Bonchev–Trinajstić information content (AvgIpc) is 2.61. The predicted octanol–water partition coefficient (Wildman–Crippen LogP) is 4.34. The Bertz CT molecular complexity index is 579. The molecule has 1 heterocycles. The highest BCUT2D eigenvalue weighted by molar-refractivity contribution is 6.32. The number of nitrogens with zero attached hydrogens (tertiary/aromatic N) is 1. The zero-order chi connectivity index (χ0) is 15.0. The molecular formula is C18H24ClNO. The van der Waals surface area contributed by atoms with Gasteiger partial charge in [-0.05, 0) is 75.8 Å². The molecule has 1 aliphatic heterocycles. The van der Waals surface area contributed by atoms with Crippen molar-refractivity contribution in [2.45, 2.75) is 51.5 Å². The Morgan fingerprint density at radius 3 is 2.67 bits per heavy atom. The number of phenolic OH excluding ortho intramolecular Hbond substituents is 1. The maximum Gasteiger partial charge on any atom is 0.134 e. The minimum absolute atomic E-state index is 0.216. The Labute approximate surface area is 132 Å². The van der Waals surface area contributed by atoms with Crippen LogP contribution < -0.4 is 0 Å². The second-order valence-corrected chi connectivity index (χ2v) is 6.94. The largest absolute Gasteiger partial charge is 0.506 e. The first-order chi connectivity index (χ1) is 10.1. The molecule has 0 fully saturated rings. The van der Waals surface area contributed by atoms with E-state index in [2.05, 4.69) is 18.9 Å². The van der Waals surface area contributed by atoms with Gasteiger partial charge in [-0.3, -0.25) is 4.90 Å². The summed E-state index contributed by atoms with van der Waals surface area (Å²) in [6.45, 7) is 3.35. The molecule has 0 saturated carbocycles. The third-order valence-corrected chi connectivity index (χ3v) is 5.45. The van der Waals surface area contributed by atoms with Gasteiger partial charge in [0.05, 0.1) is 5.02 Å². The number of hydrogen-bond donors (Lipinski definition) is 1. The molecule has 0 spiro atoms. The molecule has 0 unspecified atom stereocenters. The van der Waals surface area contributed by atoms with Crippen LogP contribution in [0.5, 0.6) is 5.75 Å². The molecule has 114 valence electrons. The Kier molecular flexibility index (Phi) is 4.28. The number of phenols is 1. The van der Waals surface area contributed by atoms with Crippen molar-refractivity contribution in [3.05, 3.63) is 39.4 Å². The van der Waals surface area contributed by atoms with E-state index in [4.69, 9.17) is 11.6 Å². The van der Waals surface area contributed by atoms with Gasteiger partial charge in [0.1, 0.15) is 5.75 Å². The lowest BCUT2D eigenvalue weighted by Gasteiger charge is -2.32. The maximum absolute atomic E-state index is 9.92. The van der Waals surface area contributed by atoms with Crippen LogP contribution in [-0.4, -0.2) is 29.6 Å². The predicted molar refractivity (Wildman–Crippen MR) is 88.1 cm³/mol. The van der Waals surface area contributed by atoms with Crippen LogP contribution in [0.15, 0.2) is 23.3 Å². The van der Waals surface area contributed by atoms with Crippen molar-refractivity contribution < 1.29 is 5.11 Å². The first-order valence-corrected chi connectivity index (χ1v) is 8.33. The first-order valence-electron chi connectivity index (χ1n) is 7.95. The summed E-state index contributed by atoms with van der Waals surface area (Å²) in [7, 11) is 2.23. The van der Waals surface area contributed by atoms with E-state index in [-0.39, 0.29) is 5.75 Å². The van der Waals surface area contributed by atoms with Crippen LogP contribution in [0.1, 0.15) is 43.7 Å². The van der Waals surface area contributed by atoms with Gasteiger partial charge in [-0.2, -0.15) is 0 Å². The molecule has 3 heteroatoms. The molecule has 0 aromatic heterocycles. The standard InChI is InChI=1S/C18H24ClNO/c1-12-5-3-4-6-15(12)17-10-14-11-18(21)16(19)9-13(14)7-8-20(17)2/h9,11,17,21H,3-8,10H2,1-2H3/t17-/m1/s1. The lowest BCUT2D eigenvalue weighted by atomic mass is 9.85. The normalized spacial score (nSPS) is 23.9. The zero-order valence-electron chi connectivity index (χ0n) is 13.0. The molecule has 0 radical (unpaired) electrons. The molecular weight excluding hydrogens is 282 g/mol. The third kappa shape index (κ3) is 2.97. The number of likely N-dealkylation sites (N-methyl/N-ethyl adjacent to an activating group) is 1. The van der Waals surface area contributed by atoms with Gasteiger partial charge in [0, 0.05) is 12.6 Å². The van der Waals surface area contributed by atoms with E-state index < -0.39 is 0 Å². The van der Waals surface area contributed by atoms with Crippen molar-refractivity contribution >= 4 is 11.6 Å². The average molecular weight is 306 g/mol. The third-order valence-electron chi connectivity index (χ3n) is 5.15. The van der Waals surface area contributed by atoms with E-state index in [1.165, 1.54) is 36.8 Å². The summed E-state index contributed by atoms with van der Waals surface area (Å²) in [6.07, 6.45) is 7.13. The Balaban J connectivity index is 1.97. The number of rotatable bonds is 1. The Hall–Kier alpha value is -0.990. The Morgan fingerprint density at radius 1 is 1.14 bits per heavy atom. The van der Waals surface area contributed by atoms with Gasteiger partial charge in [-0.1, -0.05) is 22.7 Å². The van der Waals surface area contributed by atoms with Crippen LogP contribution in [-0.2, 0) is 12.8 Å². The summed E-state index contributed by atoms with van der Waals surface area (Å²) in [6, 6.07) is 4.31. The van der Waals surface area contributed by atoms with Gasteiger partial charge >= 0.3 is 0 Å². The SMILES string of the molecule is CC1=C([C@H]2Cc3cc(O)c(Cl)cc3CCN2C)CCCC1. The molecule has 21 heavy (non-hydrogen) atoms. The van der Waals surface area contributed by atoms with Crippen LogP contribution >= 0.6 is 11.6 Å². The molecule has 3 rings (SSSR count). The summed E-state index contributed by atoms with van der Waals surface area (Å²) < 4.78 is 0. The van der Waals surface area contributed by atoms with E-state index in [1.807, 2.05) is 12.1 Å². The first kappa shape index (κ1) is 14.9. The smallest absolute Gasteiger partial charge is 0.134 e. The van der Waals surface area contributed by atoms with Crippen LogP contribution in [0.4, 0.5) is 0 Å². The van der Waals surface area contributed by atoms with E-state index in [0.717, 1.165) is 19.4 Å². The highest BCUT2D eigenvalue weighted by atomic mass is 35.5. The molecule has 1 N–H and O–H groups in total. The van der Waals surface area contributed by atoms with E-state index in [0.29, 0.717) is 11.1 Å². The number of aromatic hydroxyl groups is 1. The monoisotopic (exact) mass is 305 g/mol. The molecule has 2 aliphatic rings. The molecule has 1 aromatic rings. The van der Waals surface area contributed by atoms with Gasteiger partial charge in [-0.25, -0.2) is 0 Å². The molecule has 1 atom stereocenters. The van der Waals surface area contributed by atoms with Gasteiger partial charge in [0.25, 0.3) is 0 Å². The van der Waals surface area contributed by atoms with Crippen LogP contribution in [0.3, 0.4) is 0 Å². The highest BCUT2D eigenvalue weighted by Gasteiger charge is 2.27. The van der Waals surface area contributed by atoms with Gasteiger partial charge in [0.2, 0.25) is 0 Å². The van der Waals surface area contributed by atoms with Crippen LogP contribution in [0.25, 0.3) is 0 Å². The van der Waals surface area contributed by atoms with Crippen molar-refractivity contribution in [2.24, 2.45) is 0 Å². The highest BCUT2D eigenvalue weighted by Crippen LogP contribution is 2.35. The molecule has 2 nitrogen and oxygen atoms in total. The van der Waals surface area contributed by atoms with E-state index >= 15 is 0 Å². The zero-order valence-corrected chi connectivity index (χ0v) is 13.7. The molecule has 0 bridgehead atoms. The minimum atomic E-state index is 0.216. The summed E-state index contributed by atoms with van der Waals surface area (Å²) in [5.41, 5.74) is 5.77. The fourth-order valence-electron chi connectivity index (χ4n) is 3.81. The van der Waals surface area contributed by atoms with Gasteiger partial charge < -0.3 is 5.11 Å².